The lowest BCUT2D eigenvalue weighted by Crippen LogP contribution is -2.59. The first-order valence-electron chi connectivity index (χ1n) is 10.7. The summed E-state index contributed by atoms with van der Waals surface area (Å²) >= 11 is 7.32. The van der Waals surface area contributed by atoms with Gasteiger partial charge in [0, 0.05) is 32.6 Å². The van der Waals surface area contributed by atoms with Crippen molar-refractivity contribution >= 4 is 29.3 Å². The Balaban J connectivity index is 2.18. The molecule has 1 amide bonds. The number of aliphatic hydroxyl groups is 4. The van der Waals surface area contributed by atoms with Gasteiger partial charge < -0.3 is 45.3 Å². The monoisotopic (exact) mass is 500 g/mol. The van der Waals surface area contributed by atoms with E-state index in [0.29, 0.717) is 13.0 Å². The first kappa shape index (κ1) is 28.0. The fourth-order valence-corrected chi connectivity index (χ4v) is 5.30. The maximum Gasteiger partial charge on any atom is 0.240 e. The maximum atomic E-state index is 13.2. The van der Waals surface area contributed by atoms with Gasteiger partial charge in [-0.1, -0.05) is 0 Å². The molecule has 2 rings (SSSR count). The lowest BCUT2D eigenvalue weighted by Gasteiger charge is -2.37. The van der Waals surface area contributed by atoms with Gasteiger partial charge in [0.25, 0.3) is 0 Å². The van der Waals surface area contributed by atoms with Crippen LogP contribution in [-0.2, 0) is 19.0 Å². The Labute approximate surface area is 198 Å². The van der Waals surface area contributed by atoms with Crippen LogP contribution < -0.4 is 10.6 Å². The molecule has 0 spiro atoms. The molecule has 6 N–H and O–H groups in total. The quantitative estimate of drug-likeness (QED) is 0.146. The first-order chi connectivity index (χ1) is 15.2. The summed E-state index contributed by atoms with van der Waals surface area (Å²) in [6, 6.07) is -1.60. The van der Waals surface area contributed by atoms with Crippen molar-refractivity contribution in [2.75, 3.05) is 40.2 Å². The summed E-state index contributed by atoms with van der Waals surface area (Å²) in [7, 11) is 3.22. The van der Waals surface area contributed by atoms with Crippen molar-refractivity contribution in [1.29, 1.82) is 0 Å². The van der Waals surface area contributed by atoms with Crippen LogP contribution in [0.3, 0.4) is 0 Å². The lowest BCUT2D eigenvalue weighted by molar-refractivity contribution is -0.130. The van der Waals surface area contributed by atoms with Crippen LogP contribution in [0.25, 0.3) is 0 Å². The van der Waals surface area contributed by atoms with Crippen molar-refractivity contribution in [3.63, 3.8) is 0 Å². The van der Waals surface area contributed by atoms with Crippen molar-refractivity contribution in [3.8, 4) is 0 Å². The van der Waals surface area contributed by atoms with Crippen LogP contribution in [0.15, 0.2) is 0 Å². The van der Waals surface area contributed by atoms with Gasteiger partial charge in [-0.15, -0.1) is 23.4 Å². The lowest BCUT2D eigenvalue weighted by atomic mass is 9.86. The number of carbonyl (C=O) groups is 1. The second kappa shape index (κ2) is 13.0. The number of aliphatic hydroxyl groups excluding tert-OH is 4. The summed E-state index contributed by atoms with van der Waals surface area (Å²) in [5.74, 6) is -1.46. The number of fused-ring (bicyclic) bond motifs is 1. The maximum absolute atomic E-state index is 13.2. The highest BCUT2D eigenvalue weighted by molar-refractivity contribution is 7.99. The van der Waals surface area contributed by atoms with E-state index < -0.39 is 59.6 Å². The molecular weight excluding hydrogens is 464 g/mol. The number of hydrogen-bond acceptors (Lipinski definition) is 10. The predicted octanol–water partition coefficient (Wildman–Crippen LogP) is -1.48. The van der Waals surface area contributed by atoms with Gasteiger partial charge in [-0.3, -0.25) is 4.79 Å². The molecule has 2 saturated heterocycles. The molecule has 0 aromatic heterocycles. The topological polar surface area (TPSA) is 150 Å². The van der Waals surface area contributed by atoms with Crippen molar-refractivity contribution < 1.29 is 39.4 Å². The van der Waals surface area contributed by atoms with Gasteiger partial charge in [0.15, 0.2) is 0 Å². The largest absolute Gasteiger partial charge is 0.394 e. The van der Waals surface area contributed by atoms with Crippen LogP contribution in [-0.4, -0.2) is 120 Å². The summed E-state index contributed by atoms with van der Waals surface area (Å²) in [4.78, 5) is 13.2. The molecule has 10 nitrogen and oxygen atoms in total. The molecule has 0 aromatic rings. The molecule has 2 aliphatic rings. The molecule has 2 fully saturated rings. The Morgan fingerprint density at radius 2 is 1.94 bits per heavy atom. The van der Waals surface area contributed by atoms with Gasteiger partial charge in [0.1, 0.15) is 17.6 Å². The number of alkyl halides is 1. The molecule has 0 aliphatic carbocycles. The number of carbonyl (C=O) groups excluding carboxylic acids is 1. The van der Waals surface area contributed by atoms with Crippen LogP contribution in [0, 0.1) is 11.8 Å². The Kier molecular flexibility index (Phi) is 11.4. The number of ether oxygens (including phenoxy) is 3. The molecule has 11 unspecified atom stereocenters. The first-order valence-corrected chi connectivity index (χ1v) is 12.4. The zero-order valence-electron chi connectivity index (χ0n) is 18.9. The van der Waals surface area contributed by atoms with E-state index in [-0.39, 0.29) is 24.7 Å². The SMILES string of the molecule is COC1COC2C(CNC2C(=O)NC(C(C)Cl)C(C(O)CO)C(O)C(O)SC)CC1OC. The highest BCUT2D eigenvalue weighted by atomic mass is 35.5. The number of hydrogen-bond donors (Lipinski definition) is 6. The molecule has 2 aliphatic heterocycles. The van der Waals surface area contributed by atoms with E-state index in [1.165, 1.54) is 0 Å². The zero-order chi connectivity index (χ0) is 24.0. The number of amides is 1. The molecule has 2 heterocycles. The van der Waals surface area contributed by atoms with Gasteiger partial charge in [-0.25, -0.2) is 0 Å². The summed E-state index contributed by atoms with van der Waals surface area (Å²) in [6.45, 7) is 1.78. The second-order valence-corrected chi connectivity index (χ2v) is 10.0. The average Bonchev–Trinajstić information content (AvgIpc) is 3.10. The molecule has 0 aromatic carbocycles. The molecule has 0 bridgehead atoms. The van der Waals surface area contributed by atoms with Gasteiger partial charge in [-0.2, -0.15) is 0 Å². The summed E-state index contributed by atoms with van der Waals surface area (Å²) in [5.41, 5.74) is -1.23. The summed E-state index contributed by atoms with van der Waals surface area (Å²) < 4.78 is 17.0. The van der Waals surface area contributed by atoms with Crippen LogP contribution in [0.1, 0.15) is 13.3 Å². The molecule has 11 atom stereocenters. The molecule has 32 heavy (non-hydrogen) atoms. The van der Waals surface area contributed by atoms with Crippen LogP contribution in [0.2, 0.25) is 0 Å². The molecule has 0 saturated carbocycles. The van der Waals surface area contributed by atoms with Gasteiger partial charge in [0.05, 0.1) is 49.0 Å². The minimum Gasteiger partial charge on any atom is -0.394 e. The highest BCUT2D eigenvalue weighted by Gasteiger charge is 2.47. The van der Waals surface area contributed by atoms with Crippen molar-refractivity contribution in [3.05, 3.63) is 0 Å². The fraction of sp³-hybridized carbons (Fsp3) is 0.950. The van der Waals surface area contributed by atoms with Crippen molar-refractivity contribution in [1.82, 2.24) is 10.6 Å². The Morgan fingerprint density at radius 1 is 1.28 bits per heavy atom. The minimum atomic E-state index is -1.43. The number of halogens is 1. The second-order valence-electron chi connectivity index (χ2n) is 8.38. The molecule has 12 heteroatoms. The normalized spacial score (nSPS) is 34.0. The fourth-order valence-electron chi connectivity index (χ4n) is 4.61. The van der Waals surface area contributed by atoms with Gasteiger partial charge in [0.2, 0.25) is 5.91 Å². The van der Waals surface area contributed by atoms with E-state index in [4.69, 9.17) is 25.8 Å². The highest BCUT2D eigenvalue weighted by Crippen LogP contribution is 2.31. The zero-order valence-corrected chi connectivity index (χ0v) is 20.5. The molecule has 0 radical (unpaired) electrons. The van der Waals surface area contributed by atoms with E-state index in [1.54, 1.807) is 27.4 Å². The van der Waals surface area contributed by atoms with E-state index in [0.717, 1.165) is 11.8 Å². The Hall–Kier alpha value is -0.210. The number of nitrogens with one attached hydrogen (secondary N) is 2. The van der Waals surface area contributed by atoms with E-state index >= 15 is 0 Å². The van der Waals surface area contributed by atoms with E-state index in [2.05, 4.69) is 10.6 Å². The van der Waals surface area contributed by atoms with Crippen molar-refractivity contribution in [2.24, 2.45) is 11.8 Å². The average molecular weight is 501 g/mol. The standard InChI is InChI=1S/C20H37ClN2O8S/c1-9(21)15(14(11(25)7-24)17(26)20(28)32-4)23-19(27)16-18-10(6-22-16)5-12(29-2)13(30-3)8-31-18/h9-18,20,22,24-26,28H,5-8H2,1-4H3,(H,23,27). The van der Waals surface area contributed by atoms with Gasteiger partial charge >= 0.3 is 0 Å². The van der Waals surface area contributed by atoms with Crippen molar-refractivity contribution in [2.45, 2.75) is 66.8 Å². The Bertz CT molecular complexity index is 592. The number of rotatable bonds is 11. The van der Waals surface area contributed by atoms with Crippen LogP contribution >= 0.6 is 23.4 Å². The third kappa shape index (κ3) is 6.47. The predicted molar refractivity (Wildman–Crippen MR) is 121 cm³/mol. The van der Waals surface area contributed by atoms with Crippen LogP contribution in [0.4, 0.5) is 0 Å². The van der Waals surface area contributed by atoms with Crippen LogP contribution in [0.5, 0.6) is 0 Å². The van der Waals surface area contributed by atoms with Gasteiger partial charge in [-0.05, 0) is 19.6 Å². The number of thioether (sulfide) groups is 1. The third-order valence-electron chi connectivity index (χ3n) is 6.46. The molecule has 188 valence electrons. The third-order valence-corrected chi connectivity index (χ3v) is 7.49. The van der Waals surface area contributed by atoms with E-state index in [9.17, 15) is 25.2 Å². The number of methoxy groups -OCH3 is 2. The van der Waals surface area contributed by atoms with E-state index in [1.807, 2.05) is 0 Å². The smallest absolute Gasteiger partial charge is 0.240 e. The summed E-state index contributed by atoms with van der Waals surface area (Å²) in [6.07, 6.45) is -1.37. The molecular formula is C20H37ClN2O8S. The summed E-state index contributed by atoms with van der Waals surface area (Å²) in [5, 5.41) is 45.9. The Morgan fingerprint density at radius 3 is 2.47 bits per heavy atom. The minimum absolute atomic E-state index is 0.0328.